The van der Waals surface area contributed by atoms with E-state index in [0.29, 0.717) is 12.0 Å². The Balaban J connectivity index is 1.68. The first kappa shape index (κ1) is 14.1. The summed E-state index contributed by atoms with van der Waals surface area (Å²) in [5.74, 6) is 0.791. The van der Waals surface area contributed by atoms with Crippen molar-refractivity contribution >= 4 is 21.8 Å². The number of rotatable bonds is 4. The quantitative estimate of drug-likeness (QED) is 0.915. The number of carbonyl (C=O) groups excluding carboxylic acids is 1. The lowest BCUT2D eigenvalue weighted by Crippen LogP contribution is -2.37. The first-order valence-corrected chi connectivity index (χ1v) is 8.28. The van der Waals surface area contributed by atoms with E-state index >= 15 is 0 Å². The van der Waals surface area contributed by atoms with Gasteiger partial charge in [-0.25, -0.2) is 0 Å². The van der Waals surface area contributed by atoms with E-state index in [4.69, 9.17) is 0 Å². The molecule has 0 spiro atoms. The van der Waals surface area contributed by atoms with Crippen molar-refractivity contribution in [3.8, 4) is 0 Å². The standard InChI is InChI=1S/C15H22BrN3O/c1-18(9-11-4-6-17-7-5-11)15(20)14-8-12(16)10-19(14)13-2-3-13/h8,10-11,13,17H,2-7,9H2,1H3. The van der Waals surface area contributed by atoms with Gasteiger partial charge in [-0.15, -0.1) is 0 Å². The molecule has 2 aliphatic rings. The zero-order chi connectivity index (χ0) is 14.1. The van der Waals surface area contributed by atoms with Gasteiger partial charge in [0.1, 0.15) is 5.69 Å². The van der Waals surface area contributed by atoms with Crippen LogP contribution in [0.2, 0.25) is 0 Å². The molecule has 0 atom stereocenters. The van der Waals surface area contributed by atoms with E-state index in [-0.39, 0.29) is 5.91 Å². The van der Waals surface area contributed by atoms with Crippen molar-refractivity contribution in [2.75, 3.05) is 26.7 Å². The van der Waals surface area contributed by atoms with Crippen LogP contribution in [0.5, 0.6) is 0 Å². The van der Waals surface area contributed by atoms with Crippen molar-refractivity contribution in [1.29, 1.82) is 0 Å². The second kappa shape index (κ2) is 5.90. The summed E-state index contributed by atoms with van der Waals surface area (Å²) in [7, 11) is 1.93. The summed E-state index contributed by atoms with van der Waals surface area (Å²) in [6, 6.07) is 2.49. The average molecular weight is 340 g/mol. The molecule has 2 fully saturated rings. The van der Waals surface area contributed by atoms with Crippen LogP contribution in [0.3, 0.4) is 0 Å². The van der Waals surface area contributed by atoms with E-state index in [2.05, 4.69) is 25.8 Å². The maximum absolute atomic E-state index is 12.7. The minimum Gasteiger partial charge on any atom is -0.340 e. The summed E-state index contributed by atoms with van der Waals surface area (Å²) < 4.78 is 3.15. The van der Waals surface area contributed by atoms with Crippen LogP contribution >= 0.6 is 15.9 Å². The Hall–Kier alpha value is -0.810. The molecular formula is C15H22BrN3O. The number of piperidine rings is 1. The first-order chi connectivity index (χ1) is 9.65. The lowest BCUT2D eigenvalue weighted by molar-refractivity contribution is 0.0752. The van der Waals surface area contributed by atoms with Crippen LogP contribution in [0, 0.1) is 5.92 Å². The Morgan fingerprint density at radius 3 is 2.75 bits per heavy atom. The molecule has 1 saturated carbocycles. The van der Waals surface area contributed by atoms with Crippen molar-refractivity contribution in [2.45, 2.75) is 31.7 Å². The van der Waals surface area contributed by atoms with Crippen molar-refractivity contribution < 1.29 is 4.79 Å². The molecule has 4 nitrogen and oxygen atoms in total. The molecule has 1 N–H and O–H groups in total. The van der Waals surface area contributed by atoms with E-state index in [1.54, 1.807) is 0 Å². The summed E-state index contributed by atoms with van der Waals surface area (Å²) in [4.78, 5) is 14.6. The van der Waals surface area contributed by atoms with Gasteiger partial charge in [0.25, 0.3) is 5.91 Å². The number of halogens is 1. The van der Waals surface area contributed by atoms with Crippen LogP contribution in [-0.2, 0) is 0 Å². The minimum atomic E-state index is 0.154. The van der Waals surface area contributed by atoms with Gasteiger partial charge in [0.05, 0.1) is 0 Å². The highest BCUT2D eigenvalue weighted by Crippen LogP contribution is 2.37. The average Bonchev–Trinajstić information content (AvgIpc) is 3.22. The van der Waals surface area contributed by atoms with Gasteiger partial charge in [-0.2, -0.15) is 0 Å². The van der Waals surface area contributed by atoms with E-state index in [0.717, 1.165) is 29.8 Å². The highest BCUT2D eigenvalue weighted by atomic mass is 79.9. The number of aromatic nitrogens is 1. The van der Waals surface area contributed by atoms with Crippen molar-refractivity contribution in [3.05, 3.63) is 22.4 Å². The summed E-state index contributed by atoms with van der Waals surface area (Å²) in [5.41, 5.74) is 0.829. The molecule has 0 radical (unpaired) electrons. The second-order valence-electron chi connectivity index (χ2n) is 6.06. The van der Waals surface area contributed by atoms with Gasteiger partial charge in [0, 0.05) is 30.3 Å². The molecule has 1 aromatic rings. The van der Waals surface area contributed by atoms with Gasteiger partial charge < -0.3 is 14.8 Å². The third-order valence-electron chi connectivity index (χ3n) is 4.31. The fourth-order valence-corrected chi connectivity index (χ4v) is 3.44. The highest BCUT2D eigenvalue weighted by molar-refractivity contribution is 9.10. The molecule has 1 aliphatic heterocycles. The zero-order valence-electron chi connectivity index (χ0n) is 11.9. The number of hydrogen-bond acceptors (Lipinski definition) is 2. The molecule has 20 heavy (non-hydrogen) atoms. The molecule has 1 aliphatic carbocycles. The van der Waals surface area contributed by atoms with E-state index in [1.807, 2.05) is 24.2 Å². The number of carbonyl (C=O) groups is 1. The van der Waals surface area contributed by atoms with Crippen LogP contribution in [0.4, 0.5) is 0 Å². The topological polar surface area (TPSA) is 37.3 Å². The molecule has 1 saturated heterocycles. The molecule has 0 unspecified atom stereocenters. The SMILES string of the molecule is CN(CC1CCNCC1)C(=O)c1cc(Br)cn1C1CC1. The number of amides is 1. The van der Waals surface area contributed by atoms with Gasteiger partial charge >= 0.3 is 0 Å². The molecule has 110 valence electrons. The summed E-state index contributed by atoms with van der Waals surface area (Å²) >= 11 is 3.50. The van der Waals surface area contributed by atoms with E-state index < -0.39 is 0 Å². The van der Waals surface area contributed by atoms with Gasteiger partial charge in [-0.05, 0) is 66.7 Å². The number of hydrogen-bond donors (Lipinski definition) is 1. The smallest absolute Gasteiger partial charge is 0.270 e. The Labute approximate surface area is 128 Å². The van der Waals surface area contributed by atoms with Crippen molar-refractivity contribution in [2.24, 2.45) is 5.92 Å². The Morgan fingerprint density at radius 1 is 1.40 bits per heavy atom. The van der Waals surface area contributed by atoms with Crippen LogP contribution in [-0.4, -0.2) is 42.1 Å². The maximum atomic E-state index is 12.7. The Bertz CT molecular complexity index is 489. The molecule has 0 aromatic carbocycles. The Morgan fingerprint density at radius 2 is 2.10 bits per heavy atom. The van der Waals surface area contributed by atoms with Crippen LogP contribution in [0.25, 0.3) is 0 Å². The first-order valence-electron chi connectivity index (χ1n) is 7.48. The maximum Gasteiger partial charge on any atom is 0.270 e. The van der Waals surface area contributed by atoms with Gasteiger partial charge in [0.2, 0.25) is 0 Å². The predicted molar refractivity (Wildman–Crippen MR) is 83.0 cm³/mol. The van der Waals surface area contributed by atoms with Crippen molar-refractivity contribution in [1.82, 2.24) is 14.8 Å². The molecule has 1 amide bonds. The van der Waals surface area contributed by atoms with Gasteiger partial charge in [-0.1, -0.05) is 0 Å². The summed E-state index contributed by atoms with van der Waals surface area (Å²) in [5, 5.41) is 3.37. The molecule has 3 rings (SSSR count). The molecule has 1 aromatic heterocycles. The third-order valence-corrected chi connectivity index (χ3v) is 4.75. The van der Waals surface area contributed by atoms with Crippen molar-refractivity contribution in [3.63, 3.8) is 0 Å². The zero-order valence-corrected chi connectivity index (χ0v) is 13.5. The Kier molecular flexibility index (Phi) is 4.17. The van der Waals surface area contributed by atoms with Gasteiger partial charge in [0.15, 0.2) is 0 Å². The number of nitrogens with one attached hydrogen (secondary N) is 1. The molecule has 5 heteroatoms. The van der Waals surface area contributed by atoms with E-state index in [9.17, 15) is 4.79 Å². The fraction of sp³-hybridized carbons (Fsp3) is 0.667. The lowest BCUT2D eigenvalue weighted by Gasteiger charge is -2.27. The summed E-state index contributed by atoms with van der Waals surface area (Å²) in [6.07, 6.45) is 6.78. The normalized spacial score (nSPS) is 20.1. The summed E-state index contributed by atoms with van der Waals surface area (Å²) in [6.45, 7) is 3.03. The monoisotopic (exact) mass is 339 g/mol. The minimum absolute atomic E-state index is 0.154. The number of nitrogens with zero attached hydrogens (tertiary/aromatic N) is 2. The van der Waals surface area contributed by atoms with Crippen LogP contribution < -0.4 is 5.32 Å². The predicted octanol–water partition coefficient (Wildman–Crippen LogP) is 2.66. The third kappa shape index (κ3) is 3.09. The second-order valence-corrected chi connectivity index (χ2v) is 6.98. The molecule has 2 heterocycles. The van der Waals surface area contributed by atoms with Gasteiger partial charge in [-0.3, -0.25) is 4.79 Å². The largest absolute Gasteiger partial charge is 0.340 e. The van der Waals surface area contributed by atoms with Crippen LogP contribution in [0.1, 0.15) is 42.2 Å². The van der Waals surface area contributed by atoms with Crippen LogP contribution in [0.15, 0.2) is 16.7 Å². The molecular weight excluding hydrogens is 318 g/mol. The molecule has 0 bridgehead atoms. The fourth-order valence-electron chi connectivity index (χ4n) is 3.00. The van der Waals surface area contributed by atoms with E-state index in [1.165, 1.54) is 25.7 Å². The highest BCUT2D eigenvalue weighted by Gasteiger charge is 2.29. The lowest BCUT2D eigenvalue weighted by atomic mass is 9.97.